The number of fused-ring (bicyclic) bond motifs is 1. The molecule has 2 aromatic heterocycles. The summed E-state index contributed by atoms with van der Waals surface area (Å²) in [6.45, 7) is 8.10. The van der Waals surface area contributed by atoms with Crippen LogP contribution < -0.4 is 5.32 Å². The lowest BCUT2D eigenvalue weighted by Crippen LogP contribution is -2.33. The molecule has 0 aliphatic heterocycles. The van der Waals surface area contributed by atoms with Crippen LogP contribution in [0.3, 0.4) is 0 Å². The molecule has 3 rings (SSSR count). The van der Waals surface area contributed by atoms with Crippen molar-refractivity contribution in [1.29, 1.82) is 0 Å². The van der Waals surface area contributed by atoms with E-state index in [-0.39, 0.29) is 18.4 Å². The minimum absolute atomic E-state index is 0.0184. The highest BCUT2D eigenvalue weighted by atomic mass is 32.2. The summed E-state index contributed by atoms with van der Waals surface area (Å²) in [5, 5.41) is 8.31. The predicted molar refractivity (Wildman–Crippen MR) is 108 cm³/mol. The van der Waals surface area contributed by atoms with Crippen LogP contribution in [0.4, 0.5) is 0 Å². The van der Waals surface area contributed by atoms with Crippen molar-refractivity contribution in [3.8, 4) is 0 Å². The number of aryl methyl sites for hydroxylation is 2. The predicted octanol–water partition coefficient (Wildman–Crippen LogP) is 3.52. The zero-order valence-electron chi connectivity index (χ0n) is 16.4. The van der Waals surface area contributed by atoms with E-state index in [9.17, 15) is 4.79 Å². The first kappa shape index (κ1) is 19.4. The fraction of sp³-hybridized carbons (Fsp3) is 0.400. The molecular formula is C20H25N5OS. The van der Waals surface area contributed by atoms with Crippen molar-refractivity contribution in [2.45, 2.75) is 45.3 Å². The Labute approximate surface area is 163 Å². The molecule has 1 amide bonds. The Balaban J connectivity index is 1.85. The van der Waals surface area contributed by atoms with Crippen molar-refractivity contribution >= 4 is 23.4 Å². The number of hydrogen-bond acceptors (Lipinski definition) is 5. The van der Waals surface area contributed by atoms with E-state index in [1.165, 1.54) is 11.8 Å². The van der Waals surface area contributed by atoms with Gasteiger partial charge in [-0.1, -0.05) is 55.9 Å². The standard InChI is InChI=1S/C20H25N5OS/c1-12(2)18(15-9-7-6-8-10-15)22-17(26)11-16-13(3)21-19-23-20(27-5)24-25(19)14(16)4/h6-10,12,18H,11H2,1-5H3,(H,22,26). The molecule has 6 nitrogen and oxygen atoms in total. The lowest BCUT2D eigenvalue weighted by molar-refractivity contribution is -0.121. The van der Waals surface area contributed by atoms with Crippen molar-refractivity contribution < 1.29 is 4.79 Å². The largest absolute Gasteiger partial charge is 0.349 e. The fourth-order valence-electron chi connectivity index (χ4n) is 3.21. The first-order valence-corrected chi connectivity index (χ1v) is 10.2. The molecule has 142 valence electrons. The third-order valence-electron chi connectivity index (χ3n) is 4.69. The van der Waals surface area contributed by atoms with E-state index >= 15 is 0 Å². The first-order valence-electron chi connectivity index (χ1n) is 9.01. The molecular weight excluding hydrogens is 358 g/mol. The van der Waals surface area contributed by atoms with Gasteiger partial charge in [-0.05, 0) is 31.6 Å². The highest BCUT2D eigenvalue weighted by molar-refractivity contribution is 7.98. The number of nitrogens with zero attached hydrogens (tertiary/aromatic N) is 4. The second-order valence-electron chi connectivity index (χ2n) is 6.95. The van der Waals surface area contributed by atoms with Crippen LogP contribution in [0.25, 0.3) is 5.78 Å². The highest BCUT2D eigenvalue weighted by Gasteiger charge is 2.21. The van der Waals surface area contributed by atoms with Crippen LogP contribution in [-0.4, -0.2) is 31.7 Å². The molecule has 0 aliphatic rings. The first-order chi connectivity index (χ1) is 12.9. The minimum atomic E-state index is -0.0227. The molecule has 1 N–H and O–H groups in total. The van der Waals surface area contributed by atoms with Crippen LogP contribution in [0.2, 0.25) is 0 Å². The second kappa shape index (κ2) is 8.08. The maximum absolute atomic E-state index is 12.8. The molecule has 7 heteroatoms. The Hall–Kier alpha value is -2.41. The SMILES string of the molecule is CSc1nc2nc(C)c(CC(=O)NC(c3ccccc3)C(C)C)c(C)n2n1. The van der Waals surface area contributed by atoms with Gasteiger partial charge in [0.1, 0.15) is 0 Å². The van der Waals surface area contributed by atoms with E-state index in [1.54, 1.807) is 4.52 Å². The van der Waals surface area contributed by atoms with Crippen LogP contribution in [0.5, 0.6) is 0 Å². The summed E-state index contributed by atoms with van der Waals surface area (Å²) in [4.78, 5) is 21.7. The summed E-state index contributed by atoms with van der Waals surface area (Å²) >= 11 is 1.48. The van der Waals surface area contributed by atoms with Gasteiger partial charge in [-0.15, -0.1) is 5.10 Å². The summed E-state index contributed by atoms with van der Waals surface area (Å²) < 4.78 is 1.72. The number of carbonyl (C=O) groups excluding carboxylic acids is 1. The molecule has 27 heavy (non-hydrogen) atoms. The van der Waals surface area contributed by atoms with Crippen LogP contribution >= 0.6 is 11.8 Å². The molecule has 0 saturated carbocycles. The molecule has 1 unspecified atom stereocenters. The molecule has 0 spiro atoms. The summed E-state index contributed by atoms with van der Waals surface area (Å²) in [6, 6.07) is 10.1. The van der Waals surface area contributed by atoms with Gasteiger partial charge >= 0.3 is 0 Å². The van der Waals surface area contributed by atoms with E-state index in [0.717, 1.165) is 22.5 Å². The van der Waals surface area contributed by atoms with Crippen LogP contribution in [0.1, 0.15) is 42.4 Å². The molecule has 2 heterocycles. The van der Waals surface area contributed by atoms with Crippen LogP contribution in [0.15, 0.2) is 35.5 Å². The Morgan fingerprint density at radius 3 is 2.52 bits per heavy atom. The van der Waals surface area contributed by atoms with Gasteiger partial charge in [0.15, 0.2) is 0 Å². The van der Waals surface area contributed by atoms with Crippen molar-refractivity contribution in [1.82, 2.24) is 24.9 Å². The molecule has 1 atom stereocenters. The zero-order chi connectivity index (χ0) is 19.6. The Kier molecular flexibility index (Phi) is 5.79. The van der Waals surface area contributed by atoms with Gasteiger partial charge in [0, 0.05) is 17.0 Å². The number of carbonyl (C=O) groups is 1. The van der Waals surface area contributed by atoms with Gasteiger partial charge in [0.05, 0.1) is 12.5 Å². The Morgan fingerprint density at radius 1 is 1.19 bits per heavy atom. The number of benzene rings is 1. The van der Waals surface area contributed by atoms with E-state index in [0.29, 0.717) is 16.9 Å². The number of rotatable bonds is 6. The number of amides is 1. The highest BCUT2D eigenvalue weighted by Crippen LogP contribution is 2.22. The molecule has 1 aromatic carbocycles. The monoisotopic (exact) mass is 383 g/mol. The number of nitrogens with one attached hydrogen (secondary N) is 1. The molecule has 0 bridgehead atoms. The molecule has 0 radical (unpaired) electrons. The van der Waals surface area contributed by atoms with Crippen LogP contribution in [0, 0.1) is 19.8 Å². The van der Waals surface area contributed by atoms with Crippen molar-refractivity contribution in [3.05, 3.63) is 52.8 Å². The van der Waals surface area contributed by atoms with Gasteiger partial charge < -0.3 is 5.32 Å². The molecule has 0 fully saturated rings. The summed E-state index contributed by atoms with van der Waals surface area (Å²) in [5.74, 6) is 0.844. The summed E-state index contributed by atoms with van der Waals surface area (Å²) in [7, 11) is 0. The topological polar surface area (TPSA) is 72.2 Å². The summed E-state index contributed by atoms with van der Waals surface area (Å²) in [5.41, 5.74) is 3.73. The number of aromatic nitrogens is 4. The lowest BCUT2D eigenvalue weighted by atomic mass is 9.95. The van der Waals surface area contributed by atoms with E-state index < -0.39 is 0 Å². The number of thioether (sulfide) groups is 1. The van der Waals surface area contributed by atoms with E-state index in [1.807, 2.05) is 38.3 Å². The maximum atomic E-state index is 12.8. The third-order valence-corrected chi connectivity index (χ3v) is 5.23. The molecule has 0 aliphatic carbocycles. The lowest BCUT2D eigenvalue weighted by Gasteiger charge is -2.23. The average molecular weight is 384 g/mol. The maximum Gasteiger partial charge on any atom is 0.253 e. The van der Waals surface area contributed by atoms with E-state index in [2.05, 4.69) is 46.4 Å². The third kappa shape index (κ3) is 4.13. The minimum Gasteiger partial charge on any atom is -0.349 e. The van der Waals surface area contributed by atoms with Gasteiger partial charge in [-0.25, -0.2) is 9.50 Å². The van der Waals surface area contributed by atoms with E-state index in [4.69, 9.17) is 0 Å². The number of hydrogen-bond donors (Lipinski definition) is 1. The van der Waals surface area contributed by atoms with Crippen molar-refractivity contribution in [3.63, 3.8) is 0 Å². The van der Waals surface area contributed by atoms with Crippen molar-refractivity contribution in [2.75, 3.05) is 6.26 Å². The summed E-state index contributed by atoms with van der Waals surface area (Å²) in [6.07, 6.45) is 2.20. The zero-order valence-corrected chi connectivity index (χ0v) is 17.2. The van der Waals surface area contributed by atoms with Gasteiger partial charge in [0.25, 0.3) is 5.78 Å². The van der Waals surface area contributed by atoms with Crippen molar-refractivity contribution in [2.24, 2.45) is 5.92 Å². The van der Waals surface area contributed by atoms with Gasteiger partial charge in [-0.2, -0.15) is 4.98 Å². The normalized spacial score (nSPS) is 12.5. The Morgan fingerprint density at radius 2 is 1.89 bits per heavy atom. The average Bonchev–Trinajstić information content (AvgIpc) is 3.07. The Bertz CT molecular complexity index is 952. The molecule has 3 aromatic rings. The van der Waals surface area contributed by atoms with Crippen LogP contribution in [-0.2, 0) is 11.2 Å². The van der Waals surface area contributed by atoms with Gasteiger partial charge in [-0.3, -0.25) is 4.79 Å². The molecule has 0 saturated heterocycles. The van der Waals surface area contributed by atoms with Gasteiger partial charge in [0.2, 0.25) is 11.1 Å². The quantitative estimate of drug-likeness (QED) is 0.660. The fourth-order valence-corrected chi connectivity index (χ4v) is 3.55. The smallest absolute Gasteiger partial charge is 0.253 e. The second-order valence-corrected chi connectivity index (χ2v) is 7.72.